The Balaban J connectivity index is 1.25. The summed E-state index contributed by atoms with van der Waals surface area (Å²) in [4.78, 5) is 16.5. The number of nitrogens with one attached hydrogen (secondary N) is 1. The summed E-state index contributed by atoms with van der Waals surface area (Å²) in [5.74, 6) is -0.330. The molecule has 2 unspecified atom stereocenters. The van der Waals surface area contributed by atoms with Crippen LogP contribution in [0.1, 0.15) is 31.9 Å². The molecule has 7 atom stereocenters. The molecular formula is C25H27N6O8P. The molecule has 1 aliphatic heterocycles. The minimum Gasteiger partial charge on any atom is -0.461 e. The second-order valence-electron chi connectivity index (χ2n) is 10.1. The maximum absolute atomic E-state index is 14.0. The summed E-state index contributed by atoms with van der Waals surface area (Å²) in [6.45, 7) is 1.45. The molecule has 2 aliphatic carbocycles. The van der Waals surface area contributed by atoms with Crippen LogP contribution in [-0.4, -0.2) is 66.8 Å². The zero-order chi connectivity index (χ0) is 28.3. The number of fused-ring (bicyclic) bond motifs is 2. The Bertz CT molecular complexity index is 1540. The molecule has 0 amide bonds. The van der Waals surface area contributed by atoms with Gasteiger partial charge in [0.2, 0.25) is 5.60 Å². The number of aliphatic hydroxyl groups excluding tert-OH is 1. The number of nitrogens with zero attached hydrogens (tertiary/aromatic N) is 4. The molecule has 210 valence electrons. The zero-order valence-electron chi connectivity index (χ0n) is 21.3. The van der Waals surface area contributed by atoms with E-state index in [1.807, 2.05) is 6.07 Å². The molecule has 1 saturated heterocycles. The van der Waals surface area contributed by atoms with E-state index in [0.29, 0.717) is 5.52 Å². The van der Waals surface area contributed by atoms with Crippen molar-refractivity contribution in [2.75, 3.05) is 5.73 Å². The number of hydrogen-bond donors (Lipinski definition) is 4. The van der Waals surface area contributed by atoms with Gasteiger partial charge in [0.25, 0.3) is 0 Å². The highest BCUT2D eigenvalue weighted by Crippen LogP contribution is 2.63. The molecule has 1 aromatic carbocycles. The number of esters is 1. The van der Waals surface area contributed by atoms with Crippen LogP contribution in [0.4, 0.5) is 5.82 Å². The lowest BCUT2D eigenvalue weighted by molar-refractivity contribution is -0.154. The fourth-order valence-corrected chi connectivity index (χ4v) is 6.71. The summed E-state index contributed by atoms with van der Waals surface area (Å²) in [5, 5.41) is 39.5. The van der Waals surface area contributed by atoms with Gasteiger partial charge in [0, 0.05) is 0 Å². The van der Waals surface area contributed by atoms with Crippen molar-refractivity contribution in [3.8, 4) is 11.8 Å². The Kier molecular flexibility index (Phi) is 6.34. The number of nitriles is 1. The van der Waals surface area contributed by atoms with E-state index in [-0.39, 0.29) is 23.4 Å². The Labute approximate surface area is 228 Å². The largest absolute Gasteiger partial charge is 0.461 e. The number of nitrogen functional groups attached to an aromatic ring is 1. The third-order valence-electron chi connectivity index (χ3n) is 7.50. The van der Waals surface area contributed by atoms with E-state index in [1.165, 1.54) is 36.0 Å². The fourth-order valence-electron chi connectivity index (χ4n) is 5.00. The highest BCUT2D eigenvalue weighted by atomic mass is 31.2. The van der Waals surface area contributed by atoms with E-state index in [1.54, 1.807) is 24.3 Å². The monoisotopic (exact) mass is 570 g/mol. The highest BCUT2D eigenvalue weighted by molar-refractivity contribution is 7.52. The minimum atomic E-state index is -4.39. The van der Waals surface area contributed by atoms with Crippen LogP contribution in [0.25, 0.3) is 5.52 Å². The fraction of sp³-hybridized carbons (Fsp3) is 0.440. The summed E-state index contributed by atoms with van der Waals surface area (Å²) in [6, 6.07) is 12.0. The minimum absolute atomic E-state index is 0.111. The molecule has 0 bridgehead atoms. The Morgan fingerprint density at radius 1 is 1.32 bits per heavy atom. The summed E-state index contributed by atoms with van der Waals surface area (Å²) >= 11 is 0. The molecule has 0 spiro atoms. The van der Waals surface area contributed by atoms with Gasteiger partial charge in [0.15, 0.2) is 11.4 Å². The van der Waals surface area contributed by atoms with Gasteiger partial charge in [-0.3, -0.25) is 9.32 Å². The van der Waals surface area contributed by atoms with E-state index in [2.05, 4.69) is 15.2 Å². The van der Waals surface area contributed by atoms with Crippen LogP contribution < -0.4 is 15.3 Å². The van der Waals surface area contributed by atoms with E-state index in [0.717, 1.165) is 19.3 Å². The summed E-state index contributed by atoms with van der Waals surface area (Å²) in [7, 11) is -4.39. The van der Waals surface area contributed by atoms with Gasteiger partial charge in [-0.05, 0) is 50.5 Å². The number of benzene rings is 1. The number of nitrogens with two attached hydrogens (primary N) is 1. The summed E-state index contributed by atoms with van der Waals surface area (Å²) < 4.78 is 37.9. The van der Waals surface area contributed by atoms with Gasteiger partial charge < -0.3 is 29.9 Å². The molecule has 3 aromatic rings. The number of carbonyl (C=O) groups is 1. The van der Waals surface area contributed by atoms with Crippen LogP contribution in [0.5, 0.6) is 5.75 Å². The molecule has 5 N–H and O–H groups in total. The van der Waals surface area contributed by atoms with E-state index < -0.39 is 49.3 Å². The van der Waals surface area contributed by atoms with Crippen molar-refractivity contribution in [1.82, 2.24) is 19.7 Å². The SMILES string of the molecule is C[C@H](NP(=O)(Oc1ccccc1)OC1[C@H]2O[C@@](C#N)(c3ccc4c(N)ncnn34)[C@H](O)[C@@]12O)C(=O)OC1CCC1. The van der Waals surface area contributed by atoms with Crippen LogP contribution in [0, 0.1) is 11.3 Å². The first-order valence-corrected chi connectivity index (χ1v) is 14.2. The van der Waals surface area contributed by atoms with Gasteiger partial charge in [0.1, 0.15) is 54.1 Å². The number of rotatable bonds is 9. The molecular weight excluding hydrogens is 543 g/mol. The van der Waals surface area contributed by atoms with Crippen LogP contribution in [0.15, 0.2) is 48.8 Å². The Morgan fingerprint density at radius 3 is 2.70 bits per heavy atom. The average molecular weight is 570 g/mol. The quantitative estimate of drug-likeness (QED) is 0.211. The second kappa shape index (κ2) is 9.52. The maximum atomic E-state index is 14.0. The first-order chi connectivity index (χ1) is 19.1. The van der Waals surface area contributed by atoms with Crippen molar-refractivity contribution in [3.05, 3.63) is 54.5 Å². The van der Waals surface area contributed by atoms with Crippen LogP contribution in [0.2, 0.25) is 0 Å². The smallest absolute Gasteiger partial charge is 0.459 e. The van der Waals surface area contributed by atoms with E-state index in [9.17, 15) is 24.8 Å². The molecule has 3 aliphatic rings. The number of anilines is 1. The molecule has 40 heavy (non-hydrogen) atoms. The molecule has 3 fully saturated rings. The maximum Gasteiger partial charge on any atom is 0.459 e. The van der Waals surface area contributed by atoms with Gasteiger partial charge in [-0.15, -0.1) is 0 Å². The normalized spacial score (nSPS) is 31.4. The summed E-state index contributed by atoms with van der Waals surface area (Å²) in [5.41, 5.74) is 2.19. The van der Waals surface area contributed by atoms with Crippen molar-refractivity contribution in [2.24, 2.45) is 0 Å². The van der Waals surface area contributed by atoms with Gasteiger partial charge in [-0.2, -0.15) is 15.4 Å². The van der Waals surface area contributed by atoms with E-state index >= 15 is 0 Å². The number of hydrogen-bond acceptors (Lipinski definition) is 12. The molecule has 6 rings (SSSR count). The topological polar surface area (TPSA) is 204 Å². The molecule has 0 radical (unpaired) electrons. The lowest BCUT2D eigenvalue weighted by Crippen LogP contribution is -2.47. The highest BCUT2D eigenvalue weighted by Gasteiger charge is 2.83. The van der Waals surface area contributed by atoms with Crippen molar-refractivity contribution in [2.45, 2.75) is 67.8 Å². The van der Waals surface area contributed by atoms with Gasteiger partial charge in [0.05, 0.1) is 5.69 Å². The van der Waals surface area contributed by atoms with Crippen molar-refractivity contribution in [3.63, 3.8) is 0 Å². The van der Waals surface area contributed by atoms with E-state index in [4.69, 9.17) is 24.3 Å². The van der Waals surface area contributed by atoms with Crippen molar-refractivity contribution >= 4 is 25.1 Å². The molecule has 2 saturated carbocycles. The molecule has 3 heterocycles. The third-order valence-corrected chi connectivity index (χ3v) is 9.16. The number of aliphatic hydroxyl groups is 2. The lowest BCUT2D eigenvalue weighted by Gasteiger charge is -2.31. The van der Waals surface area contributed by atoms with Crippen molar-refractivity contribution < 1.29 is 38.1 Å². The van der Waals surface area contributed by atoms with Gasteiger partial charge >= 0.3 is 13.7 Å². The number of carbonyl (C=O) groups excluding carboxylic acids is 1. The Morgan fingerprint density at radius 2 is 2.08 bits per heavy atom. The standard InChI is InChI=1S/C25H27N6O8P/c1-14(22(32)36-15-8-5-9-15)30-40(35,38-16-6-3-2-4-7-16)39-20-19-25(20,34)23(33)24(12-26,37-19)18-11-10-17-21(27)28-13-29-31(17)18/h2-4,6-7,10-11,13-15,19-20,23,33-34H,5,8-9H2,1H3,(H,30,35)(H2,27,28,29)/t14-,19+,20?,23-,24-,25-,40?/m0/s1. The summed E-state index contributed by atoms with van der Waals surface area (Å²) in [6.07, 6.45) is -1.01. The van der Waals surface area contributed by atoms with Crippen LogP contribution in [0.3, 0.4) is 0 Å². The predicted molar refractivity (Wildman–Crippen MR) is 136 cm³/mol. The van der Waals surface area contributed by atoms with Gasteiger partial charge in [-0.25, -0.2) is 14.1 Å². The predicted octanol–water partition coefficient (Wildman–Crippen LogP) is 1.18. The molecule has 15 heteroatoms. The number of para-hydroxylation sites is 1. The molecule has 14 nitrogen and oxygen atoms in total. The Hall–Kier alpha value is -3.57. The van der Waals surface area contributed by atoms with Crippen molar-refractivity contribution in [1.29, 1.82) is 5.26 Å². The average Bonchev–Trinajstić information content (AvgIpc) is 3.19. The zero-order valence-corrected chi connectivity index (χ0v) is 22.2. The number of aromatic nitrogens is 3. The lowest BCUT2D eigenvalue weighted by atomic mass is 9.90. The van der Waals surface area contributed by atoms with Crippen LogP contribution in [-0.2, 0) is 29.0 Å². The third kappa shape index (κ3) is 4.14. The van der Waals surface area contributed by atoms with Gasteiger partial charge in [-0.1, -0.05) is 18.2 Å². The first-order valence-electron chi connectivity index (χ1n) is 12.7. The molecule has 2 aromatic heterocycles. The first kappa shape index (κ1) is 26.6. The number of ether oxygens (including phenoxy) is 2. The second-order valence-corrected chi connectivity index (χ2v) is 11.8. The van der Waals surface area contributed by atoms with Crippen LogP contribution >= 0.6 is 7.75 Å².